The van der Waals surface area contributed by atoms with Gasteiger partial charge in [-0.15, -0.1) is 0 Å². The summed E-state index contributed by atoms with van der Waals surface area (Å²) in [6, 6.07) is 14.6. The van der Waals surface area contributed by atoms with Crippen molar-refractivity contribution in [3.05, 3.63) is 64.7 Å². The molecule has 0 N–H and O–H groups in total. The normalized spacial score (nSPS) is 23.6. The molecule has 0 aromatic heterocycles. The van der Waals surface area contributed by atoms with E-state index >= 15 is 0 Å². The van der Waals surface area contributed by atoms with Crippen LogP contribution in [-0.2, 0) is 14.4 Å². The molecule has 3 atom stereocenters. The number of rotatable bonds is 6. The Morgan fingerprint density at radius 1 is 1.00 bits per heavy atom. The Morgan fingerprint density at radius 3 is 2.31 bits per heavy atom. The molecule has 2 saturated heterocycles. The molecule has 150 valence electrons. The summed E-state index contributed by atoms with van der Waals surface area (Å²) in [6.45, 7) is 2.07. The van der Waals surface area contributed by atoms with E-state index in [9.17, 15) is 19.7 Å². The van der Waals surface area contributed by atoms with E-state index in [0.717, 1.165) is 29.8 Å². The Morgan fingerprint density at radius 2 is 1.69 bits per heavy atom. The average molecular weight is 395 g/mol. The van der Waals surface area contributed by atoms with Gasteiger partial charge in [0.05, 0.1) is 28.3 Å². The fourth-order valence-electron chi connectivity index (χ4n) is 4.01. The van der Waals surface area contributed by atoms with E-state index in [0.29, 0.717) is 5.69 Å². The zero-order chi connectivity index (χ0) is 20.5. The van der Waals surface area contributed by atoms with Gasteiger partial charge in [0.1, 0.15) is 0 Å². The lowest BCUT2D eigenvalue weighted by molar-refractivity contribution is -0.384. The first kappa shape index (κ1) is 19.1. The van der Waals surface area contributed by atoms with Crippen molar-refractivity contribution in [1.29, 1.82) is 0 Å². The lowest BCUT2D eigenvalue weighted by Crippen LogP contribution is -2.40. The average Bonchev–Trinajstić information content (AvgIpc) is 3.23. The van der Waals surface area contributed by atoms with Crippen LogP contribution >= 0.6 is 0 Å². The minimum absolute atomic E-state index is 0.0969. The van der Waals surface area contributed by atoms with Crippen LogP contribution < -0.4 is 9.96 Å². The van der Waals surface area contributed by atoms with Gasteiger partial charge in [-0.25, -0.2) is 9.96 Å². The predicted molar refractivity (Wildman–Crippen MR) is 106 cm³/mol. The Kier molecular flexibility index (Phi) is 5.02. The number of carbonyl (C=O) groups excluding carboxylic acids is 2. The smallest absolute Gasteiger partial charge is 0.269 e. The quantitative estimate of drug-likeness (QED) is 0.422. The number of nitrogens with zero attached hydrogens (tertiary/aromatic N) is 3. The van der Waals surface area contributed by atoms with Crippen LogP contribution in [0.15, 0.2) is 54.6 Å². The van der Waals surface area contributed by atoms with E-state index in [4.69, 9.17) is 4.84 Å². The van der Waals surface area contributed by atoms with Crippen molar-refractivity contribution in [2.75, 3.05) is 9.96 Å². The first-order chi connectivity index (χ1) is 14.0. The van der Waals surface area contributed by atoms with Gasteiger partial charge in [0, 0.05) is 12.1 Å². The summed E-state index contributed by atoms with van der Waals surface area (Å²) in [5, 5.41) is 12.6. The number of nitro groups is 1. The van der Waals surface area contributed by atoms with Crippen molar-refractivity contribution >= 4 is 28.9 Å². The first-order valence-electron chi connectivity index (χ1n) is 9.66. The number of hydrogen-bond donors (Lipinski definition) is 0. The number of unbranched alkanes of at least 4 members (excludes halogenated alkanes) is 1. The topological polar surface area (TPSA) is 93.0 Å². The SMILES string of the molecule is CCCC[C@@H]1[C@@H]2C(=O)N(c3ccc([N+](=O)[O-])cc3)C(=O)[C@@H]2ON1c1ccccc1. The number of imide groups is 1. The summed E-state index contributed by atoms with van der Waals surface area (Å²) in [6.07, 6.45) is 1.70. The van der Waals surface area contributed by atoms with Crippen LogP contribution in [0, 0.1) is 16.0 Å². The molecule has 0 radical (unpaired) electrons. The Bertz CT molecular complexity index is 931. The maximum absolute atomic E-state index is 13.2. The van der Waals surface area contributed by atoms with Gasteiger partial charge < -0.3 is 0 Å². The number of anilines is 2. The van der Waals surface area contributed by atoms with Gasteiger partial charge in [-0.05, 0) is 30.7 Å². The standard InChI is InChI=1S/C21H21N3O5/c1-2-3-9-17-18-19(29-23(17)15-7-5-4-6-8-15)21(26)22(20(18)25)14-10-12-16(13-11-14)24(27)28/h4-8,10-13,17-19H,2-3,9H2,1H3/t17-,18+,19-/m1/s1. The monoisotopic (exact) mass is 395 g/mol. The molecular weight excluding hydrogens is 374 g/mol. The maximum atomic E-state index is 13.2. The second kappa shape index (κ2) is 7.63. The second-order valence-corrected chi connectivity index (χ2v) is 7.21. The molecule has 2 fully saturated rings. The van der Waals surface area contributed by atoms with E-state index in [1.165, 1.54) is 24.3 Å². The summed E-state index contributed by atoms with van der Waals surface area (Å²) < 4.78 is 0. The summed E-state index contributed by atoms with van der Waals surface area (Å²) >= 11 is 0. The minimum atomic E-state index is -0.889. The van der Waals surface area contributed by atoms with Gasteiger partial charge in [-0.1, -0.05) is 38.0 Å². The molecule has 2 aromatic rings. The van der Waals surface area contributed by atoms with Crippen LogP contribution in [0.1, 0.15) is 26.2 Å². The van der Waals surface area contributed by atoms with Gasteiger partial charge in [-0.3, -0.25) is 24.5 Å². The third kappa shape index (κ3) is 3.25. The molecule has 2 heterocycles. The number of benzene rings is 2. The number of hydrogen-bond acceptors (Lipinski definition) is 6. The molecular formula is C21H21N3O5. The first-order valence-corrected chi connectivity index (χ1v) is 9.66. The summed E-state index contributed by atoms with van der Waals surface area (Å²) in [4.78, 5) is 43.7. The molecule has 4 rings (SSSR count). The molecule has 2 amide bonds. The van der Waals surface area contributed by atoms with Crippen molar-refractivity contribution in [2.45, 2.75) is 38.3 Å². The Labute approximate surface area is 167 Å². The highest BCUT2D eigenvalue weighted by Gasteiger charge is 2.59. The summed E-state index contributed by atoms with van der Waals surface area (Å²) in [7, 11) is 0. The van der Waals surface area contributed by atoms with Crippen LogP contribution in [0.5, 0.6) is 0 Å². The van der Waals surface area contributed by atoms with E-state index in [1.54, 1.807) is 5.06 Å². The molecule has 0 bridgehead atoms. The molecule has 8 nitrogen and oxygen atoms in total. The van der Waals surface area contributed by atoms with Gasteiger partial charge in [0.15, 0.2) is 6.10 Å². The summed E-state index contributed by atoms with van der Waals surface area (Å²) in [5.74, 6) is -1.37. The van der Waals surface area contributed by atoms with Crippen molar-refractivity contribution in [1.82, 2.24) is 0 Å². The molecule has 2 aliphatic rings. The highest BCUT2D eigenvalue weighted by atomic mass is 16.7. The molecule has 2 aliphatic heterocycles. The molecule has 29 heavy (non-hydrogen) atoms. The Hall–Kier alpha value is -3.26. The van der Waals surface area contributed by atoms with Crippen molar-refractivity contribution in [3.63, 3.8) is 0 Å². The largest absolute Gasteiger partial charge is 0.273 e. The number of hydroxylamine groups is 1. The molecule has 0 aliphatic carbocycles. The predicted octanol–water partition coefficient (Wildman–Crippen LogP) is 3.46. The molecule has 8 heteroatoms. The number of fused-ring (bicyclic) bond motifs is 1. The van der Waals surface area contributed by atoms with Crippen LogP contribution in [0.3, 0.4) is 0 Å². The van der Waals surface area contributed by atoms with E-state index in [2.05, 4.69) is 6.92 Å². The number of non-ortho nitro benzene ring substituents is 1. The lowest BCUT2D eigenvalue weighted by atomic mass is 9.92. The lowest BCUT2D eigenvalue weighted by Gasteiger charge is -2.28. The third-order valence-corrected chi connectivity index (χ3v) is 5.42. The zero-order valence-corrected chi connectivity index (χ0v) is 15.9. The number of amides is 2. The maximum Gasteiger partial charge on any atom is 0.269 e. The van der Waals surface area contributed by atoms with Crippen molar-refractivity contribution in [3.8, 4) is 0 Å². The molecule has 0 saturated carbocycles. The van der Waals surface area contributed by atoms with E-state index < -0.39 is 22.9 Å². The minimum Gasteiger partial charge on any atom is -0.273 e. The van der Waals surface area contributed by atoms with Gasteiger partial charge in [-0.2, -0.15) is 0 Å². The fourth-order valence-corrected chi connectivity index (χ4v) is 4.01. The van der Waals surface area contributed by atoms with Gasteiger partial charge in [0.2, 0.25) is 5.91 Å². The van der Waals surface area contributed by atoms with Crippen molar-refractivity contribution < 1.29 is 19.3 Å². The zero-order valence-electron chi connectivity index (χ0n) is 15.9. The van der Waals surface area contributed by atoms with E-state index in [1.807, 2.05) is 30.3 Å². The van der Waals surface area contributed by atoms with Crippen LogP contribution in [0.4, 0.5) is 17.1 Å². The fraction of sp³-hybridized carbons (Fsp3) is 0.333. The van der Waals surface area contributed by atoms with Gasteiger partial charge >= 0.3 is 0 Å². The van der Waals surface area contributed by atoms with E-state index in [-0.39, 0.29) is 17.6 Å². The van der Waals surface area contributed by atoms with Gasteiger partial charge in [0.25, 0.3) is 11.6 Å². The number of carbonyl (C=O) groups is 2. The van der Waals surface area contributed by atoms with Crippen LogP contribution in [0.2, 0.25) is 0 Å². The molecule has 0 unspecified atom stereocenters. The third-order valence-electron chi connectivity index (χ3n) is 5.42. The van der Waals surface area contributed by atoms with Crippen LogP contribution in [0.25, 0.3) is 0 Å². The highest BCUT2D eigenvalue weighted by Crippen LogP contribution is 2.42. The second-order valence-electron chi connectivity index (χ2n) is 7.21. The molecule has 0 spiro atoms. The number of nitro benzene ring substituents is 1. The highest BCUT2D eigenvalue weighted by molar-refractivity contribution is 6.23. The number of para-hydroxylation sites is 1. The Balaban J connectivity index is 1.64. The summed E-state index contributed by atoms with van der Waals surface area (Å²) in [5.41, 5.74) is 1.04. The van der Waals surface area contributed by atoms with Crippen molar-refractivity contribution in [2.24, 2.45) is 5.92 Å². The molecule has 2 aromatic carbocycles. The van der Waals surface area contributed by atoms with Crippen LogP contribution in [-0.4, -0.2) is 28.9 Å².